The van der Waals surface area contributed by atoms with E-state index in [0.717, 1.165) is 38.5 Å². The zero-order chi connectivity index (χ0) is 50.8. The van der Waals surface area contributed by atoms with Crippen LogP contribution in [-0.2, 0) is 14.3 Å². The lowest BCUT2D eigenvalue weighted by atomic mass is 9.99. The highest BCUT2D eigenvalue weighted by atomic mass is 16.7. The monoisotopic (exact) mass is 996 g/mol. The van der Waals surface area contributed by atoms with Crippen LogP contribution in [-0.4, -0.2) is 87.5 Å². The van der Waals surface area contributed by atoms with Crippen LogP contribution < -0.4 is 5.32 Å². The highest BCUT2D eigenvalue weighted by Gasteiger charge is 2.44. The first-order valence-corrected chi connectivity index (χ1v) is 31.2. The Bertz CT molecular complexity index is 1060. The zero-order valence-corrected chi connectivity index (χ0v) is 46.6. The fraction of sp³-hybridized carbons (Fsp3) is 0.984. The largest absolute Gasteiger partial charge is 0.394 e. The number of carbonyl (C=O) groups excluding carboxylic acids is 1. The van der Waals surface area contributed by atoms with E-state index < -0.39 is 49.5 Å². The van der Waals surface area contributed by atoms with Crippen LogP contribution in [0.5, 0.6) is 0 Å². The van der Waals surface area contributed by atoms with E-state index in [2.05, 4.69) is 19.2 Å². The summed E-state index contributed by atoms with van der Waals surface area (Å²) in [5.74, 6) is -0.136. The minimum Gasteiger partial charge on any atom is -0.394 e. The molecule has 1 heterocycles. The van der Waals surface area contributed by atoms with E-state index in [-0.39, 0.29) is 12.5 Å². The lowest BCUT2D eigenvalue weighted by molar-refractivity contribution is -0.302. The second-order valence-corrected chi connectivity index (χ2v) is 22.2. The number of aliphatic hydroxyl groups excluding tert-OH is 5. The quantitative estimate of drug-likeness (QED) is 0.0330. The second kappa shape index (κ2) is 51.7. The number of unbranched alkanes of at least 4 members (excludes halogenated alkanes) is 45. The smallest absolute Gasteiger partial charge is 0.220 e. The number of nitrogens with one attached hydrogen (secondary N) is 1. The maximum Gasteiger partial charge on any atom is 0.220 e. The molecule has 1 saturated heterocycles. The molecule has 1 rings (SSSR count). The Kier molecular flexibility index (Phi) is 49.6. The molecule has 0 spiro atoms. The summed E-state index contributed by atoms with van der Waals surface area (Å²) in [5, 5.41) is 54.8. The normalized spacial score (nSPS) is 19.2. The van der Waals surface area contributed by atoms with Gasteiger partial charge in [-0.1, -0.05) is 309 Å². The van der Waals surface area contributed by atoms with E-state index in [1.165, 1.54) is 263 Å². The van der Waals surface area contributed by atoms with Gasteiger partial charge in [-0.15, -0.1) is 0 Å². The van der Waals surface area contributed by atoms with Crippen LogP contribution in [0.3, 0.4) is 0 Å². The molecule has 1 aliphatic heterocycles. The van der Waals surface area contributed by atoms with Crippen LogP contribution in [0.1, 0.15) is 328 Å². The Hall–Kier alpha value is -0.810. The van der Waals surface area contributed by atoms with Gasteiger partial charge in [-0.05, 0) is 12.8 Å². The predicted molar refractivity (Wildman–Crippen MR) is 295 cm³/mol. The van der Waals surface area contributed by atoms with Crippen molar-refractivity contribution in [3.05, 3.63) is 0 Å². The molecule has 0 aromatic rings. The highest BCUT2D eigenvalue weighted by molar-refractivity contribution is 5.76. The van der Waals surface area contributed by atoms with Gasteiger partial charge < -0.3 is 40.3 Å². The summed E-state index contributed by atoms with van der Waals surface area (Å²) in [7, 11) is 0. The van der Waals surface area contributed by atoms with E-state index >= 15 is 0 Å². The topological polar surface area (TPSA) is 149 Å². The first-order chi connectivity index (χ1) is 34.3. The Morgan fingerprint density at radius 2 is 0.714 bits per heavy atom. The molecule has 9 nitrogen and oxygen atoms in total. The van der Waals surface area contributed by atoms with Gasteiger partial charge in [-0.2, -0.15) is 0 Å². The van der Waals surface area contributed by atoms with Gasteiger partial charge in [-0.25, -0.2) is 0 Å². The number of aliphatic hydroxyl groups is 5. The summed E-state index contributed by atoms with van der Waals surface area (Å²) >= 11 is 0. The standard InChI is InChI=1S/C61H121NO8/c1-3-5-7-9-11-13-15-17-19-21-22-23-24-25-26-27-28-29-30-31-32-33-35-36-38-40-42-44-46-48-50-55(64)54(53-69-61-60(68)59(67)58(66)56(52-63)70-61)62-57(65)51-49-47-45-43-41-39-37-34-20-18-16-14-12-10-8-6-4-2/h54-56,58-61,63-64,66-68H,3-53H2,1-2H3,(H,62,65). The summed E-state index contributed by atoms with van der Waals surface area (Å²) in [5.41, 5.74) is 0. The molecular formula is C61H121NO8. The number of carbonyl (C=O) groups is 1. The lowest BCUT2D eigenvalue weighted by Crippen LogP contribution is -2.60. The SMILES string of the molecule is CCCCCCCCCCCCCCCCCCCCCCCCCCCCCCCCC(O)C(COC1OC(CO)C(O)C(O)C1O)NC(=O)CCCCCCCCCCCCCCCCCCC. The van der Waals surface area contributed by atoms with Crippen LogP contribution >= 0.6 is 0 Å². The van der Waals surface area contributed by atoms with Crippen molar-refractivity contribution in [1.29, 1.82) is 0 Å². The molecule has 7 atom stereocenters. The van der Waals surface area contributed by atoms with Crippen LogP contribution in [0.15, 0.2) is 0 Å². The van der Waals surface area contributed by atoms with Crippen molar-refractivity contribution >= 4 is 5.91 Å². The highest BCUT2D eigenvalue weighted by Crippen LogP contribution is 2.24. The minimum atomic E-state index is -1.55. The maximum atomic E-state index is 13.1. The van der Waals surface area contributed by atoms with Crippen LogP contribution in [0.4, 0.5) is 0 Å². The molecule has 0 saturated carbocycles. The Morgan fingerprint density at radius 3 is 1.01 bits per heavy atom. The van der Waals surface area contributed by atoms with E-state index in [1.54, 1.807) is 0 Å². The van der Waals surface area contributed by atoms with Crippen LogP contribution in [0.2, 0.25) is 0 Å². The number of rotatable bonds is 55. The molecule has 70 heavy (non-hydrogen) atoms. The summed E-state index contributed by atoms with van der Waals surface area (Å²) in [6.07, 6.45) is 55.8. The van der Waals surface area contributed by atoms with E-state index in [4.69, 9.17) is 9.47 Å². The Balaban J connectivity index is 2.12. The molecule has 1 fully saturated rings. The van der Waals surface area contributed by atoms with E-state index in [0.29, 0.717) is 12.8 Å². The summed E-state index contributed by atoms with van der Waals surface area (Å²) < 4.78 is 11.3. The molecule has 0 aliphatic carbocycles. The minimum absolute atomic E-state index is 0.131. The van der Waals surface area contributed by atoms with Crippen molar-refractivity contribution in [2.75, 3.05) is 13.2 Å². The molecule has 7 unspecified atom stereocenters. The van der Waals surface area contributed by atoms with Crippen molar-refractivity contribution in [3.8, 4) is 0 Å². The fourth-order valence-electron chi connectivity index (χ4n) is 10.5. The van der Waals surface area contributed by atoms with Gasteiger partial charge in [0.25, 0.3) is 0 Å². The molecule has 418 valence electrons. The van der Waals surface area contributed by atoms with Crippen LogP contribution in [0.25, 0.3) is 0 Å². The molecule has 0 aromatic heterocycles. The van der Waals surface area contributed by atoms with Crippen molar-refractivity contribution in [2.45, 2.75) is 371 Å². The van der Waals surface area contributed by atoms with Crippen molar-refractivity contribution in [1.82, 2.24) is 5.32 Å². The molecular weight excluding hydrogens is 875 g/mol. The van der Waals surface area contributed by atoms with E-state index in [1.807, 2.05) is 0 Å². The molecule has 9 heteroatoms. The summed E-state index contributed by atoms with van der Waals surface area (Å²) in [6, 6.07) is -0.714. The second-order valence-electron chi connectivity index (χ2n) is 22.2. The zero-order valence-electron chi connectivity index (χ0n) is 46.6. The molecule has 0 aromatic carbocycles. The maximum absolute atomic E-state index is 13.1. The fourth-order valence-corrected chi connectivity index (χ4v) is 10.5. The van der Waals surface area contributed by atoms with Crippen molar-refractivity contribution < 1.29 is 39.8 Å². The number of hydrogen-bond donors (Lipinski definition) is 6. The van der Waals surface area contributed by atoms with Gasteiger partial charge in [0.1, 0.15) is 24.4 Å². The summed E-state index contributed by atoms with van der Waals surface area (Å²) in [6.45, 7) is 3.89. The Morgan fingerprint density at radius 1 is 0.429 bits per heavy atom. The average Bonchev–Trinajstić information content (AvgIpc) is 3.36. The number of amides is 1. The lowest BCUT2D eigenvalue weighted by Gasteiger charge is -2.40. The number of ether oxygens (including phenoxy) is 2. The van der Waals surface area contributed by atoms with Gasteiger partial charge >= 0.3 is 0 Å². The molecule has 1 aliphatic rings. The third-order valence-electron chi connectivity index (χ3n) is 15.5. The molecule has 6 N–H and O–H groups in total. The van der Waals surface area contributed by atoms with Gasteiger partial charge in [0, 0.05) is 6.42 Å². The molecule has 1 amide bonds. The van der Waals surface area contributed by atoms with Crippen LogP contribution in [0, 0.1) is 0 Å². The predicted octanol–water partition coefficient (Wildman–Crippen LogP) is 15.8. The first kappa shape index (κ1) is 67.2. The number of hydrogen-bond acceptors (Lipinski definition) is 8. The first-order valence-electron chi connectivity index (χ1n) is 31.2. The van der Waals surface area contributed by atoms with Gasteiger partial charge in [0.15, 0.2) is 6.29 Å². The molecule has 0 radical (unpaired) electrons. The Labute approximate surface area is 434 Å². The average molecular weight is 997 g/mol. The van der Waals surface area contributed by atoms with Gasteiger partial charge in [0.2, 0.25) is 5.91 Å². The molecule has 0 bridgehead atoms. The third-order valence-corrected chi connectivity index (χ3v) is 15.5. The summed E-state index contributed by atoms with van der Waals surface area (Å²) in [4.78, 5) is 13.1. The third kappa shape index (κ3) is 40.6. The van der Waals surface area contributed by atoms with Gasteiger partial charge in [0.05, 0.1) is 25.4 Å². The van der Waals surface area contributed by atoms with Crippen molar-refractivity contribution in [3.63, 3.8) is 0 Å². The van der Waals surface area contributed by atoms with E-state index in [9.17, 15) is 30.3 Å². The van der Waals surface area contributed by atoms with Crippen molar-refractivity contribution in [2.24, 2.45) is 0 Å². The van der Waals surface area contributed by atoms with Gasteiger partial charge in [-0.3, -0.25) is 4.79 Å².